The second-order valence-electron chi connectivity index (χ2n) is 6.18. The van der Waals surface area contributed by atoms with Crippen LogP contribution in [0.2, 0.25) is 0 Å². The smallest absolute Gasteiger partial charge is 0.230 e. The minimum Gasteiger partial charge on any atom is -0.349 e. The number of amides is 1. The molecule has 0 fully saturated rings. The zero-order valence-corrected chi connectivity index (χ0v) is 14.8. The Morgan fingerprint density at radius 2 is 2.24 bits per heavy atom. The third-order valence-corrected chi connectivity index (χ3v) is 5.54. The Hall–Kier alpha value is -2.41. The summed E-state index contributed by atoms with van der Waals surface area (Å²) in [7, 11) is 1.84. The lowest BCUT2D eigenvalue weighted by atomic mass is 9.88. The highest BCUT2D eigenvalue weighted by Gasteiger charge is 2.21. The standard InChI is InChI=1S/C18H19N5OS/c1-23-17-14(9-21-23)18(20-11-19-17)25-10-16(24)22-15-8-4-6-12-5-2-3-7-13(12)15/h2-3,5,7,9,11,15H,4,6,8,10H2,1H3,(H,22,24)/t15-/m1/s1. The van der Waals surface area contributed by atoms with E-state index >= 15 is 0 Å². The molecule has 4 rings (SSSR count). The number of aryl methyl sites for hydroxylation is 2. The fraction of sp³-hybridized carbons (Fsp3) is 0.333. The molecule has 0 bridgehead atoms. The summed E-state index contributed by atoms with van der Waals surface area (Å²) < 4.78 is 1.71. The molecule has 0 unspecified atom stereocenters. The number of hydrogen-bond acceptors (Lipinski definition) is 5. The van der Waals surface area contributed by atoms with Crippen LogP contribution in [0, 0.1) is 0 Å². The van der Waals surface area contributed by atoms with Gasteiger partial charge in [0.15, 0.2) is 5.65 Å². The van der Waals surface area contributed by atoms with Gasteiger partial charge in [0.25, 0.3) is 0 Å². The van der Waals surface area contributed by atoms with E-state index in [-0.39, 0.29) is 11.9 Å². The molecule has 1 atom stereocenters. The van der Waals surface area contributed by atoms with Gasteiger partial charge in [0, 0.05) is 7.05 Å². The molecule has 2 aromatic heterocycles. The van der Waals surface area contributed by atoms with Gasteiger partial charge < -0.3 is 5.32 Å². The molecule has 7 heteroatoms. The van der Waals surface area contributed by atoms with Crippen molar-refractivity contribution in [3.63, 3.8) is 0 Å². The van der Waals surface area contributed by atoms with Crippen molar-refractivity contribution in [3.05, 3.63) is 47.9 Å². The summed E-state index contributed by atoms with van der Waals surface area (Å²) in [6, 6.07) is 8.49. The van der Waals surface area contributed by atoms with Crippen LogP contribution in [-0.4, -0.2) is 31.4 Å². The number of rotatable bonds is 4. The van der Waals surface area contributed by atoms with Crippen LogP contribution in [0.15, 0.2) is 41.8 Å². The largest absolute Gasteiger partial charge is 0.349 e. The van der Waals surface area contributed by atoms with Gasteiger partial charge in [-0.1, -0.05) is 36.0 Å². The molecule has 0 aliphatic heterocycles. The summed E-state index contributed by atoms with van der Waals surface area (Å²) >= 11 is 1.42. The zero-order chi connectivity index (χ0) is 17.2. The summed E-state index contributed by atoms with van der Waals surface area (Å²) in [5, 5.41) is 9.05. The minimum atomic E-state index is 0.0300. The topological polar surface area (TPSA) is 72.7 Å². The average molecular weight is 353 g/mol. The van der Waals surface area contributed by atoms with Crippen molar-refractivity contribution in [2.75, 3.05) is 5.75 Å². The van der Waals surface area contributed by atoms with Gasteiger partial charge in [0.1, 0.15) is 11.4 Å². The van der Waals surface area contributed by atoms with E-state index in [0.29, 0.717) is 5.75 Å². The number of nitrogens with zero attached hydrogens (tertiary/aromatic N) is 4. The van der Waals surface area contributed by atoms with Crippen LogP contribution >= 0.6 is 11.8 Å². The van der Waals surface area contributed by atoms with E-state index in [0.717, 1.165) is 35.3 Å². The first-order valence-corrected chi connectivity index (χ1v) is 9.33. The molecular weight excluding hydrogens is 334 g/mol. The molecule has 0 radical (unpaired) electrons. The van der Waals surface area contributed by atoms with E-state index in [4.69, 9.17) is 0 Å². The first-order chi connectivity index (χ1) is 12.2. The van der Waals surface area contributed by atoms with Crippen molar-refractivity contribution in [1.82, 2.24) is 25.1 Å². The number of carbonyl (C=O) groups excluding carboxylic acids is 1. The molecule has 1 aromatic carbocycles. The van der Waals surface area contributed by atoms with E-state index in [1.54, 1.807) is 10.9 Å². The lowest BCUT2D eigenvalue weighted by Crippen LogP contribution is -2.32. The van der Waals surface area contributed by atoms with Gasteiger partial charge in [0.2, 0.25) is 5.91 Å². The van der Waals surface area contributed by atoms with E-state index in [1.165, 1.54) is 29.2 Å². The number of aromatic nitrogens is 4. The van der Waals surface area contributed by atoms with Gasteiger partial charge in [-0.3, -0.25) is 9.48 Å². The molecule has 2 heterocycles. The molecule has 25 heavy (non-hydrogen) atoms. The fourth-order valence-corrected chi connectivity index (χ4v) is 4.10. The maximum absolute atomic E-state index is 12.4. The monoisotopic (exact) mass is 353 g/mol. The van der Waals surface area contributed by atoms with Crippen LogP contribution in [0.25, 0.3) is 11.0 Å². The third kappa shape index (κ3) is 3.24. The maximum atomic E-state index is 12.4. The number of hydrogen-bond donors (Lipinski definition) is 1. The van der Waals surface area contributed by atoms with Crippen molar-refractivity contribution < 1.29 is 4.79 Å². The van der Waals surface area contributed by atoms with E-state index in [9.17, 15) is 4.79 Å². The third-order valence-electron chi connectivity index (χ3n) is 4.54. The van der Waals surface area contributed by atoms with E-state index in [1.807, 2.05) is 13.1 Å². The van der Waals surface area contributed by atoms with Crippen LogP contribution < -0.4 is 5.32 Å². The number of carbonyl (C=O) groups is 1. The maximum Gasteiger partial charge on any atom is 0.230 e. The first kappa shape index (κ1) is 16.1. The molecular formula is C18H19N5OS. The van der Waals surface area contributed by atoms with Crippen LogP contribution in [0.3, 0.4) is 0 Å². The van der Waals surface area contributed by atoms with Crippen molar-refractivity contribution in [2.45, 2.75) is 30.3 Å². The molecule has 128 valence electrons. The van der Waals surface area contributed by atoms with E-state index < -0.39 is 0 Å². The Morgan fingerprint density at radius 1 is 1.36 bits per heavy atom. The summed E-state index contributed by atoms with van der Waals surface area (Å²) in [6.07, 6.45) is 6.46. The van der Waals surface area contributed by atoms with Gasteiger partial charge in [-0.2, -0.15) is 5.10 Å². The molecule has 0 saturated carbocycles. The van der Waals surface area contributed by atoms with Crippen LogP contribution in [0.4, 0.5) is 0 Å². The normalized spacial score (nSPS) is 16.6. The van der Waals surface area contributed by atoms with Crippen LogP contribution in [0.1, 0.15) is 30.0 Å². The Labute approximate surface area is 150 Å². The fourth-order valence-electron chi connectivity index (χ4n) is 3.33. The number of fused-ring (bicyclic) bond motifs is 2. The highest BCUT2D eigenvalue weighted by atomic mass is 32.2. The summed E-state index contributed by atoms with van der Waals surface area (Å²) in [6.45, 7) is 0. The van der Waals surface area contributed by atoms with Crippen molar-refractivity contribution >= 4 is 28.7 Å². The number of benzene rings is 1. The summed E-state index contributed by atoms with van der Waals surface area (Å²) in [5.41, 5.74) is 3.38. The molecule has 6 nitrogen and oxygen atoms in total. The van der Waals surface area contributed by atoms with Crippen molar-refractivity contribution in [1.29, 1.82) is 0 Å². The van der Waals surface area contributed by atoms with Gasteiger partial charge in [-0.15, -0.1) is 0 Å². The second kappa shape index (κ2) is 6.84. The molecule has 0 spiro atoms. The van der Waals surface area contributed by atoms with Gasteiger partial charge >= 0.3 is 0 Å². The van der Waals surface area contributed by atoms with Crippen LogP contribution in [-0.2, 0) is 18.3 Å². The summed E-state index contributed by atoms with van der Waals surface area (Å²) in [5.74, 6) is 0.363. The lowest BCUT2D eigenvalue weighted by molar-refractivity contribution is -0.119. The lowest BCUT2D eigenvalue weighted by Gasteiger charge is -2.26. The minimum absolute atomic E-state index is 0.0300. The van der Waals surface area contributed by atoms with E-state index in [2.05, 4.69) is 38.6 Å². The molecule has 1 aliphatic carbocycles. The highest BCUT2D eigenvalue weighted by molar-refractivity contribution is 8.00. The number of thioether (sulfide) groups is 1. The first-order valence-electron chi connectivity index (χ1n) is 8.35. The summed E-state index contributed by atoms with van der Waals surface area (Å²) in [4.78, 5) is 21.0. The Morgan fingerprint density at radius 3 is 3.16 bits per heavy atom. The Kier molecular flexibility index (Phi) is 4.40. The average Bonchev–Trinajstić information content (AvgIpc) is 3.02. The molecule has 3 aromatic rings. The quantitative estimate of drug-likeness (QED) is 0.577. The van der Waals surface area contributed by atoms with Gasteiger partial charge in [-0.25, -0.2) is 9.97 Å². The number of nitrogens with one attached hydrogen (secondary N) is 1. The predicted molar refractivity (Wildman–Crippen MR) is 97.3 cm³/mol. The predicted octanol–water partition coefficient (Wildman–Crippen LogP) is 2.65. The van der Waals surface area contributed by atoms with Crippen LogP contribution in [0.5, 0.6) is 0 Å². The Balaban J connectivity index is 1.43. The molecule has 1 aliphatic rings. The highest BCUT2D eigenvalue weighted by Crippen LogP contribution is 2.30. The molecule has 0 saturated heterocycles. The van der Waals surface area contributed by atoms with Gasteiger partial charge in [0.05, 0.1) is 23.4 Å². The van der Waals surface area contributed by atoms with Crippen molar-refractivity contribution in [3.8, 4) is 0 Å². The van der Waals surface area contributed by atoms with Crippen molar-refractivity contribution in [2.24, 2.45) is 7.05 Å². The van der Waals surface area contributed by atoms with Gasteiger partial charge in [-0.05, 0) is 30.4 Å². The zero-order valence-electron chi connectivity index (χ0n) is 14.0. The Bertz CT molecular complexity index is 923. The SMILES string of the molecule is Cn1ncc2c(SCC(=O)N[C@@H]3CCCc4ccccc43)ncnc21. The molecule has 1 amide bonds. The molecule has 1 N–H and O–H groups in total. The second-order valence-corrected chi connectivity index (χ2v) is 7.15.